The summed E-state index contributed by atoms with van der Waals surface area (Å²) < 4.78 is 1.42. The first-order chi connectivity index (χ1) is 8.19. The molecular weight excluding hydrogens is 218 g/mol. The monoisotopic (exact) mass is 233 g/mol. The summed E-state index contributed by atoms with van der Waals surface area (Å²) in [5, 5.41) is 12.5. The van der Waals surface area contributed by atoms with Crippen molar-refractivity contribution in [1.29, 1.82) is 5.26 Å². The zero-order valence-electron chi connectivity index (χ0n) is 9.83. The number of aromatic nitrogens is 3. The first-order valence-electron chi connectivity index (χ1n) is 5.76. The Balaban J connectivity index is 1.94. The molecule has 0 N–H and O–H groups in total. The van der Waals surface area contributed by atoms with E-state index in [0.717, 1.165) is 19.5 Å². The molecule has 0 spiro atoms. The molecule has 0 radical (unpaired) electrons. The minimum atomic E-state index is 0.0472. The third-order valence-corrected chi connectivity index (χ3v) is 2.94. The topological polar surface area (TPSA) is 74.8 Å². The van der Waals surface area contributed by atoms with E-state index in [2.05, 4.69) is 17.0 Å². The summed E-state index contributed by atoms with van der Waals surface area (Å²) in [5.41, 5.74) is 0. The van der Waals surface area contributed by atoms with Crippen LogP contribution in [0.25, 0.3) is 0 Å². The van der Waals surface area contributed by atoms with Gasteiger partial charge in [-0.15, -0.1) is 5.10 Å². The van der Waals surface area contributed by atoms with E-state index < -0.39 is 0 Å². The molecule has 1 aliphatic heterocycles. The van der Waals surface area contributed by atoms with E-state index in [-0.39, 0.29) is 18.3 Å². The number of likely N-dealkylation sites (tertiary alicyclic amines) is 1. The first kappa shape index (κ1) is 11.6. The lowest BCUT2D eigenvalue weighted by atomic mass is 10.0. The van der Waals surface area contributed by atoms with Crippen LogP contribution in [0.1, 0.15) is 25.6 Å². The highest BCUT2D eigenvalue weighted by Crippen LogP contribution is 2.15. The molecule has 1 amide bonds. The van der Waals surface area contributed by atoms with Crippen molar-refractivity contribution in [3.8, 4) is 6.07 Å². The van der Waals surface area contributed by atoms with Crippen LogP contribution >= 0.6 is 0 Å². The molecule has 0 bridgehead atoms. The SMILES string of the molecule is C[C@@H]1CCCN(C(=O)Cn2cnc(C#N)n2)C1. The van der Waals surface area contributed by atoms with E-state index in [1.807, 2.05) is 11.0 Å². The van der Waals surface area contributed by atoms with Crippen molar-refractivity contribution in [3.05, 3.63) is 12.2 Å². The van der Waals surface area contributed by atoms with Gasteiger partial charge in [-0.05, 0) is 18.8 Å². The predicted molar refractivity (Wildman–Crippen MR) is 59.7 cm³/mol. The Labute approximate surface area is 99.9 Å². The van der Waals surface area contributed by atoms with Gasteiger partial charge in [0.25, 0.3) is 5.82 Å². The minimum Gasteiger partial charge on any atom is -0.341 e. The molecule has 0 saturated carbocycles. The molecule has 0 unspecified atom stereocenters. The van der Waals surface area contributed by atoms with Gasteiger partial charge in [0, 0.05) is 13.1 Å². The average Bonchev–Trinajstić information content (AvgIpc) is 2.77. The molecule has 1 fully saturated rings. The first-order valence-corrected chi connectivity index (χ1v) is 5.76. The molecule has 17 heavy (non-hydrogen) atoms. The third-order valence-electron chi connectivity index (χ3n) is 2.94. The molecule has 1 saturated heterocycles. The molecule has 6 heteroatoms. The summed E-state index contributed by atoms with van der Waals surface area (Å²) >= 11 is 0. The Morgan fingerprint density at radius 1 is 1.71 bits per heavy atom. The zero-order valence-corrected chi connectivity index (χ0v) is 9.83. The Kier molecular flexibility index (Phi) is 3.38. The molecule has 6 nitrogen and oxygen atoms in total. The Morgan fingerprint density at radius 3 is 3.18 bits per heavy atom. The maximum Gasteiger partial charge on any atom is 0.252 e. The maximum absolute atomic E-state index is 12.0. The Hall–Kier alpha value is -1.90. The largest absolute Gasteiger partial charge is 0.341 e. The van der Waals surface area contributed by atoms with Gasteiger partial charge in [-0.25, -0.2) is 9.67 Å². The fraction of sp³-hybridized carbons (Fsp3) is 0.636. The normalized spacial score (nSPS) is 20.0. The van der Waals surface area contributed by atoms with E-state index >= 15 is 0 Å². The van der Waals surface area contributed by atoms with E-state index in [1.54, 1.807) is 0 Å². The number of carbonyl (C=O) groups excluding carboxylic acids is 1. The second-order valence-corrected chi connectivity index (χ2v) is 4.46. The van der Waals surface area contributed by atoms with E-state index in [1.165, 1.54) is 17.4 Å². The Bertz CT molecular complexity index is 447. The van der Waals surface area contributed by atoms with Gasteiger partial charge in [-0.3, -0.25) is 4.79 Å². The highest BCUT2D eigenvalue weighted by atomic mass is 16.2. The number of amides is 1. The predicted octanol–water partition coefficient (Wildman–Crippen LogP) is 0.408. The van der Waals surface area contributed by atoms with Crippen molar-refractivity contribution >= 4 is 5.91 Å². The van der Waals surface area contributed by atoms with Gasteiger partial charge in [0.05, 0.1) is 0 Å². The molecule has 2 heterocycles. The van der Waals surface area contributed by atoms with Gasteiger partial charge >= 0.3 is 0 Å². The number of rotatable bonds is 2. The molecule has 0 aliphatic carbocycles. The van der Waals surface area contributed by atoms with Crippen LogP contribution in [0.2, 0.25) is 0 Å². The van der Waals surface area contributed by atoms with Crippen molar-refractivity contribution in [2.24, 2.45) is 5.92 Å². The van der Waals surface area contributed by atoms with Gasteiger partial charge < -0.3 is 4.90 Å². The average molecular weight is 233 g/mol. The summed E-state index contributed by atoms with van der Waals surface area (Å²) in [4.78, 5) is 17.6. The van der Waals surface area contributed by atoms with Crippen LogP contribution < -0.4 is 0 Å². The lowest BCUT2D eigenvalue weighted by molar-refractivity contribution is -0.133. The summed E-state index contributed by atoms with van der Waals surface area (Å²) in [7, 11) is 0. The standard InChI is InChI=1S/C11H15N5O/c1-9-3-2-4-15(6-9)11(17)7-16-8-13-10(5-12)14-16/h8-9H,2-4,6-7H2,1H3/t9-/m1/s1. The molecule has 2 rings (SSSR count). The van der Waals surface area contributed by atoms with Crippen LogP contribution in [0.15, 0.2) is 6.33 Å². The molecule has 1 aromatic rings. The molecule has 1 aliphatic rings. The molecular formula is C11H15N5O. The fourth-order valence-corrected chi connectivity index (χ4v) is 2.08. The van der Waals surface area contributed by atoms with Crippen LogP contribution in [0, 0.1) is 17.2 Å². The van der Waals surface area contributed by atoms with Crippen molar-refractivity contribution in [2.75, 3.05) is 13.1 Å². The molecule has 1 atom stereocenters. The molecule has 0 aromatic carbocycles. The number of carbonyl (C=O) groups is 1. The number of nitriles is 1. The molecule has 90 valence electrons. The van der Waals surface area contributed by atoms with Crippen molar-refractivity contribution in [1.82, 2.24) is 19.7 Å². The number of nitrogens with zero attached hydrogens (tertiary/aromatic N) is 5. The lowest BCUT2D eigenvalue weighted by Crippen LogP contribution is -2.40. The van der Waals surface area contributed by atoms with Crippen LogP contribution in [0.4, 0.5) is 0 Å². The smallest absolute Gasteiger partial charge is 0.252 e. The van der Waals surface area contributed by atoms with E-state index in [0.29, 0.717) is 5.92 Å². The summed E-state index contributed by atoms with van der Waals surface area (Å²) in [5.74, 6) is 0.717. The highest BCUT2D eigenvalue weighted by Gasteiger charge is 2.21. The third kappa shape index (κ3) is 2.81. The zero-order chi connectivity index (χ0) is 12.3. The Morgan fingerprint density at radius 2 is 2.53 bits per heavy atom. The van der Waals surface area contributed by atoms with Crippen molar-refractivity contribution < 1.29 is 4.79 Å². The lowest BCUT2D eigenvalue weighted by Gasteiger charge is -2.30. The number of hydrogen-bond acceptors (Lipinski definition) is 4. The van der Waals surface area contributed by atoms with E-state index in [9.17, 15) is 4.79 Å². The van der Waals surface area contributed by atoms with Crippen LogP contribution in [0.3, 0.4) is 0 Å². The quantitative estimate of drug-likeness (QED) is 0.741. The van der Waals surface area contributed by atoms with Crippen molar-refractivity contribution in [3.63, 3.8) is 0 Å². The molecule has 1 aromatic heterocycles. The second-order valence-electron chi connectivity index (χ2n) is 4.46. The highest BCUT2D eigenvalue weighted by molar-refractivity contribution is 5.75. The summed E-state index contributed by atoms with van der Waals surface area (Å²) in [6.07, 6.45) is 3.67. The summed E-state index contributed by atoms with van der Waals surface area (Å²) in [6, 6.07) is 1.84. The van der Waals surface area contributed by atoms with Gasteiger partial charge in [-0.1, -0.05) is 6.92 Å². The van der Waals surface area contributed by atoms with Crippen LogP contribution in [0.5, 0.6) is 0 Å². The number of piperidine rings is 1. The van der Waals surface area contributed by atoms with Crippen molar-refractivity contribution in [2.45, 2.75) is 26.3 Å². The van der Waals surface area contributed by atoms with Crippen LogP contribution in [-0.4, -0.2) is 38.7 Å². The van der Waals surface area contributed by atoms with Gasteiger partial charge in [0.15, 0.2) is 0 Å². The van der Waals surface area contributed by atoms with E-state index in [4.69, 9.17) is 5.26 Å². The maximum atomic E-state index is 12.0. The second kappa shape index (κ2) is 4.95. The van der Waals surface area contributed by atoms with Gasteiger partial charge in [0.1, 0.15) is 18.9 Å². The van der Waals surface area contributed by atoms with Crippen LogP contribution in [-0.2, 0) is 11.3 Å². The van der Waals surface area contributed by atoms with Gasteiger partial charge in [0.2, 0.25) is 5.91 Å². The number of hydrogen-bond donors (Lipinski definition) is 0. The minimum absolute atomic E-state index is 0.0472. The summed E-state index contributed by atoms with van der Waals surface area (Å²) in [6.45, 7) is 3.96. The van der Waals surface area contributed by atoms with Gasteiger partial charge in [-0.2, -0.15) is 5.26 Å². The fourth-order valence-electron chi connectivity index (χ4n) is 2.08.